The van der Waals surface area contributed by atoms with Gasteiger partial charge in [0.25, 0.3) is 0 Å². The van der Waals surface area contributed by atoms with Gasteiger partial charge in [0.1, 0.15) is 0 Å². The van der Waals surface area contributed by atoms with Crippen LogP contribution in [0.5, 0.6) is 0 Å². The predicted molar refractivity (Wildman–Crippen MR) is 50.3 cm³/mol. The zero-order chi connectivity index (χ0) is 9.26. The molecule has 0 spiro atoms. The second kappa shape index (κ2) is 3.60. The second-order valence-electron chi connectivity index (χ2n) is 4.25. The third-order valence-electron chi connectivity index (χ3n) is 3.55. The van der Waals surface area contributed by atoms with E-state index < -0.39 is 0 Å². The highest BCUT2D eigenvalue weighted by Crippen LogP contribution is 2.33. The van der Waals surface area contributed by atoms with Crippen LogP contribution in [-0.4, -0.2) is 36.2 Å². The van der Waals surface area contributed by atoms with E-state index in [0.29, 0.717) is 12.1 Å². The van der Waals surface area contributed by atoms with Crippen LogP contribution in [0.1, 0.15) is 32.1 Å². The minimum atomic E-state index is 0.254. The van der Waals surface area contributed by atoms with Crippen LogP contribution in [0.3, 0.4) is 0 Å². The minimum Gasteiger partial charge on any atom is -0.300 e. The molecule has 3 nitrogen and oxygen atoms in total. The zero-order valence-electron chi connectivity index (χ0n) is 8.07. The lowest BCUT2D eigenvalue weighted by Gasteiger charge is -2.45. The summed E-state index contributed by atoms with van der Waals surface area (Å²) in [6.45, 7) is 0. The van der Waals surface area contributed by atoms with E-state index in [9.17, 15) is 4.79 Å². The molecule has 2 bridgehead atoms. The quantitative estimate of drug-likeness (QED) is 0.450. The standard InChI is InChI=1S/C10H16N2O/c1-12-9-3-2-4-10(12)6-8(5-9)11-7-13/h8-10H,2-6H2,1H3. The highest BCUT2D eigenvalue weighted by Gasteiger charge is 2.35. The molecule has 0 radical (unpaired) electrons. The van der Waals surface area contributed by atoms with Gasteiger partial charge < -0.3 is 4.90 Å². The Labute approximate surface area is 78.8 Å². The molecule has 2 aliphatic heterocycles. The number of rotatable bonds is 1. The van der Waals surface area contributed by atoms with Crippen LogP contribution in [0, 0.1) is 0 Å². The third kappa shape index (κ3) is 1.67. The van der Waals surface area contributed by atoms with Gasteiger partial charge in [-0.25, -0.2) is 9.79 Å². The first-order valence-corrected chi connectivity index (χ1v) is 5.10. The Hall–Kier alpha value is -0.660. The fraction of sp³-hybridized carbons (Fsp3) is 0.900. The van der Waals surface area contributed by atoms with Gasteiger partial charge in [-0.05, 0) is 32.7 Å². The molecule has 2 aliphatic rings. The first kappa shape index (κ1) is 8.92. The summed E-state index contributed by atoms with van der Waals surface area (Å²) in [5.74, 6) is 0. The van der Waals surface area contributed by atoms with Crippen LogP contribution in [-0.2, 0) is 4.79 Å². The van der Waals surface area contributed by atoms with Gasteiger partial charge in [-0.15, -0.1) is 0 Å². The molecule has 2 fully saturated rings. The van der Waals surface area contributed by atoms with Crippen molar-refractivity contribution in [1.82, 2.24) is 4.90 Å². The van der Waals surface area contributed by atoms with E-state index in [0.717, 1.165) is 12.8 Å². The summed E-state index contributed by atoms with van der Waals surface area (Å²) in [6, 6.07) is 1.58. The molecule has 0 aromatic rings. The molecule has 2 atom stereocenters. The molecule has 0 saturated carbocycles. The predicted octanol–water partition coefficient (Wildman–Crippen LogP) is 1.34. The molecule has 13 heavy (non-hydrogen) atoms. The number of isocyanates is 1. The number of piperidine rings is 2. The van der Waals surface area contributed by atoms with Gasteiger partial charge in [-0.1, -0.05) is 6.42 Å². The molecule has 0 aromatic heterocycles. The largest absolute Gasteiger partial charge is 0.300 e. The summed E-state index contributed by atoms with van der Waals surface area (Å²) in [5, 5.41) is 0. The van der Waals surface area contributed by atoms with Crippen LogP contribution >= 0.6 is 0 Å². The van der Waals surface area contributed by atoms with Crippen molar-refractivity contribution in [3.8, 4) is 0 Å². The molecule has 0 aromatic carbocycles. The van der Waals surface area contributed by atoms with E-state index in [1.54, 1.807) is 6.08 Å². The zero-order valence-corrected chi connectivity index (χ0v) is 8.07. The van der Waals surface area contributed by atoms with Crippen molar-refractivity contribution in [3.63, 3.8) is 0 Å². The molecule has 0 aliphatic carbocycles. The van der Waals surface area contributed by atoms with Crippen molar-refractivity contribution in [1.29, 1.82) is 0 Å². The van der Waals surface area contributed by atoms with E-state index >= 15 is 0 Å². The minimum absolute atomic E-state index is 0.254. The molecule has 2 saturated heterocycles. The number of carbonyl (C=O) groups excluding carboxylic acids is 1. The number of nitrogens with zero attached hydrogens (tertiary/aromatic N) is 2. The van der Waals surface area contributed by atoms with Crippen LogP contribution in [0.25, 0.3) is 0 Å². The Morgan fingerprint density at radius 1 is 1.31 bits per heavy atom. The third-order valence-corrected chi connectivity index (χ3v) is 3.55. The molecule has 2 rings (SSSR count). The van der Waals surface area contributed by atoms with Crippen LogP contribution < -0.4 is 0 Å². The summed E-state index contributed by atoms with van der Waals surface area (Å²) >= 11 is 0. The summed E-state index contributed by atoms with van der Waals surface area (Å²) in [6.07, 6.45) is 7.71. The first-order valence-electron chi connectivity index (χ1n) is 5.10. The lowest BCUT2D eigenvalue weighted by molar-refractivity contribution is 0.0575. The van der Waals surface area contributed by atoms with E-state index in [1.807, 2.05) is 0 Å². The number of fused-ring (bicyclic) bond motifs is 2. The highest BCUT2D eigenvalue weighted by atomic mass is 16.1. The molecule has 2 heterocycles. The Morgan fingerprint density at radius 2 is 1.92 bits per heavy atom. The fourth-order valence-electron chi connectivity index (χ4n) is 2.77. The van der Waals surface area contributed by atoms with E-state index in [2.05, 4.69) is 16.9 Å². The van der Waals surface area contributed by atoms with Crippen LogP contribution in [0.2, 0.25) is 0 Å². The molecular weight excluding hydrogens is 164 g/mol. The molecular formula is C10H16N2O. The molecule has 3 heteroatoms. The number of hydrogen-bond acceptors (Lipinski definition) is 3. The highest BCUT2D eigenvalue weighted by molar-refractivity contribution is 5.33. The summed E-state index contributed by atoms with van der Waals surface area (Å²) in [4.78, 5) is 16.5. The lowest BCUT2D eigenvalue weighted by Crippen LogP contribution is -2.50. The smallest absolute Gasteiger partial charge is 0.235 e. The molecule has 0 amide bonds. The summed E-state index contributed by atoms with van der Waals surface area (Å²) < 4.78 is 0. The maximum Gasteiger partial charge on any atom is 0.235 e. The topological polar surface area (TPSA) is 32.7 Å². The average molecular weight is 180 g/mol. The van der Waals surface area contributed by atoms with Gasteiger partial charge in [-0.2, -0.15) is 0 Å². The lowest BCUT2D eigenvalue weighted by atomic mass is 9.82. The number of hydrogen-bond donors (Lipinski definition) is 0. The van der Waals surface area contributed by atoms with Crippen molar-refractivity contribution in [2.45, 2.75) is 50.2 Å². The fourth-order valence-corrected chi connectivity index (χ4v) is 2.77. The Morgan fingerprint density at radius 3 is 2.46 bits per heavy atom. The van der Waals surface area contributed by atoms with Crippen molar-refractivity contribution >= 4 is 6.08 Å². The van der Waals surface area contributed by atoms with E-state index in [-0.39, 0.29) is 6.04 Å². The van der Waals surface area contributed by atoms with Crippen molar-refractivity contribution in [3.05, 3.63) is 0 Å². The van der Waals surface area contributed by atoms with Gasteiger partial charge in [-0.3, -0.25) is 0 Å². The van der Waals surface area contributed by atoms with Gasteiger partial charge in [0.2, 0.25) is 6.08 Å². The van der Waals surface area contributed by atoms with Gasteiger partial charge in [0, 0.05) is 12.1 Å². The normalized spacial score (nSPS) is 39.6. The molecule has 0 N–H and O–H groups in total. The molecule has 72 valence electrons. The van der Waals surface area contributed by atoms with Crippen molar-refractivity contribution < 1.29 is 4.79 Å². The summed E-state index contributed by atoms with van der Waals surface area (Å²) in [5.41, 5.74) is 0. The number of aliphatic imine (C=N–C) groups is 1. The van der Waals surface area contributed by atoms with Crippen LogP contribution in [0.15, 0.2) is 4.99 Å². The first-order chi connectivity index (χ1) is 6.31. The maximum absolute atomic E-state index is 10.2. The van der Waals surface area contributed by atoms with E-state index in [4.69, 9.17) is 0 Å². The average Bonchev–Trinajstić information content (AvgIpc) is 2.07. The van der Waals surface area contributed by atoms with E-state index in [1.165, 1.54) is 19.3 Å². The van der Waals surface area contributed by atoms with Crippen LogP contribution in [0.4, 0.5) is 0 Å². The monoisotopic (exact) mass is 180 g/mol. The van der Waals surface area contributed by atoms with Crippen molar-refractivity contribution in [2.24, 2.45) is 4.99 Å². The second-order valence-corrected chi connectivity index (χ2v) is 4.25. The van der Waals surface area contributed by atoms with Gasteiger partial charge in [0.05, 0.1) is 6.04 Å². The maximum atomic E-state index is 10.2. The van der Waals surface area contributed by atoms with Gasteiger partial charge >= 0.3 is 0 Å². The van der Waals surface area contributed by atoms with Gasteiger partial charge in [0.15, 0.2) is 0 Å². The summed E-state index contributed by atoms with van der Waals surface area (Å²) in [7, 11) is 2.20. The SMILES string of the molecule is CN1C2CCCC1CC(N=C=O)C2. The Bertz CT molecular complexity index is 221. The molecule has 2 unspecified atom stereocenters. The Kier molecular flexibility index (Phi) is 2.47. The Balaban J connectivity index is 2.07. The van der Waals surface area contributed by atoms with Crippen molar-refractivity contribution in [2.75, 3.05) is 7.05 Å².